The van der Waals surface area contributed by atoms with Crippen LogP contribution in [0.25, 0.3) is 5.69 Å². The maximum Gasteiger partial charge on any atom is 0.348 e. The normalized spacial score (nSPS) is 12.5. The lowest BCUT2D eigenvalue weighted by atomic mass is 10.1. The molecule has 1 aliphatic heterocycles. The second-order valence-corrected chi connectivity index (χ2v) is 7.18. The summed E-state index contributed by atoms with van der Waals surface area (Å²) in [4.78, 5) is 54.4. The van der Waals surface area contributed by atoms with Gasteiger partial charge in [0.05, 0.1) is 24.2 Å². The molecule has 1 aliphatic rings. The summed E-state index contributed by atoms with van der Waals surface area (Å²) in [5.74, 6) is -2.15. The molecule has 0 atom stereocenters. The Labute approximate surface area is 185 Å². The molecular weight excluding hydrogens is 432 g/mol. The Hall–Kier alpha value is -4.81. The number of amidine groups is 1. The number of benzene rings is 1. The van der Waals surface area contributed by atoms with Crippen LogP contribution in [0.15, 0.2) is 41.3 Å². The minimum atomic E-state index is -1.08. The van der Waals surface area contributed by atoms with E-state index in [1.165, 1.54) is 46.0 Å². The monoisotopic (exact) mass is 450 g/mol. The summed E-state index contributed by atoms with van der Waals surface area (Å²) in [5.41, 5.74) is 5.83. The number of hydrogen-bond acceptors (Lipinski definition) is 7. The number of carbonyl (C=O) groups excluding carboxylic acids is 2. The number of aliphatic carboxylic acids is 1. The van der Waals surface area contributed by atoms with E-state index in [0.29, 0.717) is 5.56 Å². The molecule has 0 saturated carbocycles. The van der Waals surface area contributed by atoms with E-state index in [1.807, 2.05) is 0 Å². The standard InChI is InChI=1S/C20H18N8O5/c21-17(22)10-3-5-23-13(7-10)18(31)24-11-1-2-14-12(8-11)19(32)27(6-4-16(29)30)9-15-25-26-20(33)28(14)15/h1-3,5,7-8H,4,6,9H2,(H3,21,22)(H,24,31)(H,26,33)(H,29,30). The van der Waals surface area contributed by atoms with Crippen molar-refractivity contribution < 1.29 is 19.5 Å². The SMILES string of the molecule is N=C(N)c1ccnc(C(=O)Nc2ccc3c(c2)C(=O)N(CCC(=O)O)Cc2n[nH]c(=O)n2-3)c1. The van der Waals surface area contributed by atoms with Gasteiger partial charge in [-0.3, -0.25) is 24.8 Å². The number of aromatic amines is 1. The fourth-order valence-corrected chi connectivity index (χ4v) is 3.41. The van der Waals surface area contributed by atoms with Crippen molar-refractivity contribution in [2.24, 2.45) is 5.73 Å². The van der Waals surface area contributed by atoms with E-state index >= 15 is 0 Å². The first-order chi connectivity index (χ1) is 15.7. The first-order valence-corrected chi connectivity index (χ1v) is 9.68. The molecule has 3 heterocycles. The second-order valence-electron chi connectivity index (χ2n) is 7.18. The van der Waals surface area contributed by atoms with Gasteiger partial charge in [-0.1, -0.05) is 0 Å². The Morgan fingerprint density at radius 2 is 2.03 bits per heavy atom. The highest BCUT2D eigenvalue weighted by Crippen LogP contribution is 2.25. The van der Waals surface area contributed by atoms with E-state index in [9.17, 15) is 19.2 Å². The molecule has 0 saturated heterocycles. The molecule has 0 aliphatic carbocycles. The van der Waals surface area contributed by atoms with E-state index in [2.05, 4.69) is 20.5 Å². The highest BCUT2D eigenvalue weighted by Gasteiger charge is 2.29. The summed E-state index contributed by atoms with van der Waals surface area (Å²) in [6.07, 6.45) is 1.06. The number of carboxylic acid groups (broad SMARTS) is 1. The Morgan fingerprint density at radius 1 is 1.24 bits per heavy atom. The third kappa shape index (κ3) is 4.19. The van der Waals surface area contributed by atoms with E-state index in [4.69, 9.17) is 16.2 Å². The van der Waals surface area contributed by atoms with Crippen LogP contribution in [0.5, 0.6) is 0 Å². The first kappa shape index (κ1) is 21.4. The Bertz CT molecular complexity index is 1360. The number of carboxylic acids is 1. The predicted octanol–water partition coefficient (Wildman–Crippen LogP) is -0.0775. The number of nitrogens with zero attached hydrogens (tertiary/aromatic N) is 4. The highest BCUT2D eigenvalue weighted by molar-refractivity contribution is 6.06. The van der Waals surface area contributed by atoms with Crippen molar-refractivity contribution >= 4 is 29.3 Å². The van der Waals surface area contributed by atoms with Gasteiger partial charge in [-0.25, -0.2) is 14.5 Å². The molecule has 0 unspecified atom stereocenters. The molecule has 13 heteroatoms. The summed E-state index contributed by atoms with van der Waals surface area (Å²) in [7, 11) is 0. The average Bonchev–Trinajstić information content (AvgIpc) is 3.10. The number of fused-ring (bicyclic) bond motifs is 3. The third-order valence-electron chi connectivity index (χ3n) is 4.99. The minimum Gasteiger partial charge on any atom is -0.481 e. The zero-order chi connectivity index (χ0) is 23.7. The summed E-state index contributed by atoms with van der Waals surface area (Å²) in [5, 5.41) is 25.4. The van der Waals surface area contributed by atoms with Crippen molar-refractivity contribution in [3.8, 4) is 5.69 Å². The Balaban J connectivity index is 1.70. The summed E-state index contributed by atoms with van der Waals surface area (Å²) < 4.78 is 1.23. The fourth-order valence-electron chi connectivity index (χ4n) is 3.41. The van der Waals surface area contributed by atoms with Gasteiger partial charge in [0.25, 0.3) is 11.8 Å². The molecule has 0 bridgehead atoms. The van der Waals surface area contributed by atoms with Crippen LogP contribution in [-0.4, -0.2) is 59.9 Å². The van der Waals surface area contributed by atoms with Crippen molar-refractivity contribution in [1.82, 2.24) is 24.6 Å². The number of carbonyl (C=O) groups is 3. The lowest BCUT2D eigenvalue weighted by molar-refractivity contribution is -0.137. The number of nitrogens with one attached hydrogen (secondary N) is 3. The Kier molecular flexibility index (Phi) is 5.44. The zero-order valence-electron chi connectivity index (χ0n) is 17.0. The van der Waals surface area contributed by atoms with Crippen LogP contribution in [0.4, 0.5) is 5.69 Å². The van der Waals surface area contributed by atoms with Gasteiger partial charge in [0.15, 0.2) is 5.82 Å². The third-order valence-corrected chi connectivity index (χ3v) is 4.99. The first-order valence-electron chi connectivity index (χ1n) is 9.68. The molecule has 13 nitrogen and oxygen atoms in total. The summed E-state index contributed by atoms with van der Waals surface area (Å²) in [6, 6.07) is 7.24. The lowest BCUT2D eigenvalue weighted by Gasteiger charge is -2.19. The van der Waals surface area contributed by atoms with E-state index in [-0.39, 0.29) is 53.8 Å². The Morgan fingerprint density at radius 3 is 2.76 bits per heavy atom. The number of aromatic nitrogens is 4. The number of rotatable bonds is 6. The lowest BCUT2D eigenvalue weighted by Crippen LogP contribution is -2.32. The van der Waals surface area contributed by atoms with Gasteiger partial charge in [-0.2, -0.15) is 5.10 Å². The summed E-state index contributed by atoms with van der Waals surface area (Å²) >= 11 is 0. The van der Waals surface area contributed by atoms with Crippen molar-refractivity contribution in [1.29, 1.82) is 5.41 Å². The summed E-state index contributed by atoms with van der Waals surface area (Å²) in [6.45, 7) is -0.157. The zero-order valence-corrected chi connectivity index (χ0v) is 17.0. The quantitative estimate of drug-likeness (QED) is 0.253. The molecule has 0 radical (unpaired) electrons. The molecule has 2 amide bonds. The molecule has 1 aromatic carbocycles. The molecule has 3 aromatic rings. The van der Waals surface area contributed by atoms with E-state index in [1.54, 1.807) is 0 Å². The molecule has 4 rings (SSSR count). The number of pyridine rings is 1. The fraction of sp³-hybridized carbons (Fsp3) is 0.150. The number of nitrogen functional groups attached to an aromatic ring is 1. The van der Waals surface area contributed by atoms with Gasteiger partial charge in [-0.05, 0) is 30.3 Å². The topological polar surface area (TPSA) is 200 Å². The maximum absolute atomic E-state index is 13.2. The van der Waals surface area contributed by atoms with Crippen LogP contribution >= 0.6 is 0 Å². The van der Waals surface area contributed by atoms with Gasteiger partial charge in [0.1, 0.15) is 11.5 Å². The smallest absolute Gasteiger partial charge is 0.348 e. The molecule has 168 valence electrons. The molecule has 6 N–H and O–H groups in total. The van der Waals surface area contributed by atoms with Crippen LogP contribution < -0.4 is 16.7 Å². The molecule has 0 spiro atoms. The number of nitrogens with two attached hydrogens (primary N) is 1. The van der Waals surface area contributed by atoms with Crippen LogP contribution in [0.1, 0.15) is 38.7 Å². The number of hydrogen-bond donors (Lipinski definition) is 5. The van der Waals surface area contributed by atoms with Gasteiger partial charge >= 0.3 is 11.7 Å². The van der Waals surface area contributed by atoms with E-state index in [0.717, 1.165) is 0 Å². The van der Waals surface area contributed by atoms with Crippen molar-refractivity contribution in [2.75, 3.05) is 11.9 Å². The van der Waals surface area contributed by atoms with E-state index < -0.39 is 23.5 Å². The largest absolute Gasteiger partial charge is 0.481 e. The average molecular weight is 450 g/mol. The second kappa shape index (κ2) is 8.37. The van der Waals surface area contributed by atoms with Gasteiger partial charge in [0, 0.05) is 24.0 Å². The number of amides is 2. The van der Waals surface area contributed by atoms with Gasteiger partial charge < -0.3 is 21.1 Å². The van der Waals surface area contributed by atoms with Crippen molar-refractivity contribution in [3.63, 3.8) is 0 Å². The van der Waals surface area contributed by atoms with Crippen LogP contribution in [0.3, 0.4) is 0 Å². The van der Waals surface area contributed by atoms with Crippen molar-refractivity contribution in [3.05, 3.63) is 69.7 Å². The minimum absolute atomic E-state index is 0.0143. The van der Waals surface area contributed by atoms with Crippen LogP contribution in [0, 0.1) is 5.41 Å². The highest BCUT2D eigenvalue weighted by atomic mass is 16.4. The van der Waals surface area contributed by atoms with Gasteiger partial charge in [-0.15, -0.1) is 0 Å². The predicted molar refractivity (Wildman–Crippen MR) is 114 cm³/mol. The molecule has 33 heavy (non-hydrogen) atoms. The number of anilines is 1. The molecule has 2 aromatic heterocycles. The van der Waals surface area contributed by atoms with Gasteiger partial charge in [0.2, 0.25) is 0 Å². The maximum atomic E-state index is 13.2. The van der Waals surface area contributed by atoms with Crippen LogP contribution in [0.2, 0.25) is 0 Å². The van der Waals surface area contributed by atoms with Crippen LogP contribution in [-0.2, 0) is 11.3 Å². The molecule has 0 fully saturated rings. The van der Waals surface area contributed by atoms with Crippen molar-refractivity contribution in [2.45, 2.75) is 13.0 Å². The number of H-pyrrole nitrogens is 1. The molecular formula is C20H18N8O5.